The molecule has 23 heavy (non-hydrogen) atoms. The van der Waals surface area contributed by atoms with E-state index in [1.54, 1.807) is 7.05 Å². The van der Waals surface area contributed by atoms with Crippen molar-refractivity contribution >= 4 is 53.1 Å². The minimum Gasteiger partial charge on any atom is -0.356 e. The first kappa shape index (κ1) is 20.9. The van der Waals surface area contributed by atoms with Crippen LogP contribution >= 0.6 is 47.2 Å². The maximum absolute atomic E-state index is 6.06. The number of nitrogens with one attached hydrogen (secondary N) is 2. The minimum atomic E-state index is 0. The Hall–Kier alpha value is -0.180. The third-order valence-electron chi connectivity index (χ3n) is 4.02. The summed E-state index contributed by atoms with van der Waals surface area (Å²) in [5.41, 5.74) is 1.02. The van der Waals surface area contributed by atoms with Gasteiger partial charge in [-0.1, -0.05) is 23.2 Å². The second kappa shape index (κ2) is 10.6. The minimum absolute atomic E-state index is 0. The number of hydrogen-bond donors (Lipinski definition) is 2. The largest absolute Gasteiger partial charge is 0.356 e. The third-order valence-corrected chi connectivity index (χ3v) is 4.86. The van der Waals surface area contributed by atoms with E-state index < -0.39 is 0 Å². The van der Waals surface area contributed by atoms with Gasteiger partial charge in [0.15, 0.2) is 5.96 Å². The average molecular weight is 474 g/mol. The summed E-state index contributed by atoms with van der Waals surface area (Å²) in [6, 6.07) is 1.87. The Bertz CT molecular complexity index is 512. The molecule has 0 amide bonds. The van der Waals surface area contributed by atoms with Gasteiger partial charge in [-0.15, -0.1) is 24.0 Å². The molecule has 0 saturated carbocycles. The molecule has 1 saturated heterocycles. The molecular formula is C15H26Cl2IN5. The molecule has 0 unspecified atom stereocenters. The van der Waals surface area contributed by atoms with E-state index in [4.69, 9.17) is 23.2 Å². The van der Waals surface area contributed by atoms with E-state index in [0.29, 0.717) is 16.7 Å². The molecule has 8 heteroatoms. The molecule has 0 spiro atoms. The molecule has 1 aliphatic rings. The highest BCUT2D eigenvalue weighted by atomic mass is 127. The summed E-state index contributed by atoms with van der Waals surface area (Å²) < 4.78 is 1.87. The van der Waals surface area contributed by atoms with Crippen LogP contribution in [0, 0.1) is 0 Å². The Kier molecular flexibility index (Phi) is 9.65. The van der Waals surface area contributed by atoms with Gasteiger partial charge in [0.1, 0.15) is 5.15 Å². The van der Waals surface area contributed by atoms with Gasteiger partial charge in [0, 0.05) is 26.3 Å². The van der Waals surface area contributed by atoms with Crippen molar-refractivity contribution < 1.29 is 0 Å². The van der Waals surface area contributed by atoms with Gasteiger partial charge in [-0.3, -0.25) is 4.99 Å². The number of guanidine groups is 1. The predicted octanol–water partition coefficient (Wildman–Crippen LogP) is 3.10. The van der Waals surface area contributed by atoms with Crippen molar-refractivity contribution in [2.24, 2.45) is 12.0 Å². The van der Waals surface area contributed by atoms with Crippen LogP contribution in [0.5, 0.6) is 0 Å². The lowest BCUT2D eigenvalue weighted by molar-refractivity contribution is 0.334. The second-order valence-corrected chi connectivity index (χ2v) is 6.35. The van der Waals surface area contributed by atoms with Gasteiger partial charge < -0.3 is 20.1 Å². The third kappa shape index (κ3) is 6.32. The number of rotatable bonds is 6. The van der Waals surface area contributed by atoms with Crippen LogP contribution in [0.3, 0.4) is 0 Å². The van der Waals surface area contributed by atoms with Crippen molar-refractivity contribution in [2.75, 3.05) is 33.2 Å². The molecule has 1 aromatic heterocycles. The first-order chi connectivity index (χ1) is 10.6. The maximum atomic E-state index is 6.06. The monoisotopic (exact) mass is 473 g/mol. The van der Waals surface area contributed by atoms with Gasteiger partial charge in [0.2, 0.25) is 0 Å². The Balaban J connectivity index is 0.00000264. The van der Waals surface area contributed by atoms with Crippen LogP contribution in [0.2, 0.25) is 10.2 Å². The Morgan fingerprint density at radius 3 is 2.52 bits per heavy atom. The van der Waals surface area contributed by atoms with E-state index in [0.717, 1.165) is 31.2 Å². The Morgan fingerprint density at radius 2 is 1.96 bits per heavy atom. The first-order valence-electron chi connectivity index (χ1n) is 7.78. The zero-order valence-electron chi connectivity index (χ0n) is 13.7. The number of likely N-dealkylation sites (tertiary alicyclic amines) is 1. The van der Waals surface area contributed by atoms with Crippen LogP contribution < -0.4 is 10.6 Å². The van der Waals surface area contributed by atoms with Gasteiger partial charge in [-0.25, -0.2) is 0 Å². The Morgan fingerprint density at radius 1 is 1.26 bits per heavy atom. The van der Waals surface area contributed by atoms with Gasteiger partial charge in [-0.05, 0) is 45.0 Å². The predicted molar refractivity (Wildman–Crippen MR) is 109 cm³/mol. The molecule has 2 heterocycles. The first-order valence-corrected chi connectivity index (χ1v) is 8.54. The van der Waals surface area contributed by atoms with Crippen molar-refractivity contribution in [3.8, 4) is 0 Å². The lowest BCUT2D eigenvalue weighted by Gasteiger charge is -2.16. The van der Waals surface area contributed by atoms with Gasteiger partial charge in [0.25, 0.3) is 0 Å². The summed E-state index contributed by atoms with van der Waals surface area (Å²) in [5, 5.41) is 7.76. The molecule has 0 bridgehead atoms. The number of hydrogen-bond acceptors (Lipinski definition) is 2. The highest BCUT2D eigenvalue weighted by molar-refractivity contribution is 14.0. The second-order valence-electron chi connectivity index (χ2n) is 5.59. The highest BCUT2D eigenvalue weighted by Crippen LogP contribution is 2.24. The van der Waals surface area contributed by atoms with Crippen molar-refractivity contribution in [1.82, 2.24) is 20.1 Å². The van der Waals surface area contributed by atoms with E-state index in [1.807, 2.05) is 17.7 Å². The summed E-state index contributed by atoms with van der Waals surface area (Å²) in [5.74, 6) is 0.801. The van der Waals surface area contributed by atoms with E-state index in [1.165, 1.54) is 25.9 Å². The molecule has 1 aliphatic heterocycles. The number of aliphatic imine (C=N–C) groups is 1. The average Bonchev–Trinajstić information content (AvgIpc) is 3.11. The molecule has 2 rings (SSSR count). The van der Waals surface area contributed by atoms with Crippen molar-refractivity contribution in [2.45, 2.75) is 25.8 Å². The number of aromatic nitrogens is 1. The topological polar surface area (TPSA) is 44.6 Å². The van der Waals surface area contributed by atoms with Crippen LogP contribution in [0.25, 0.3) is 0 Å². The summed E-state index contributed by atoms with van der Waals surface area (Å²) in [6.45, 7) is 5.22. The van der Waals surface area contributed by atoms with Crippen LogP contribution in [0.15, 0.2) is 11.1 Å². The van der Waals surface area contributed by atoms with Gasteiger partial charge in [0.05, 0.1) is 11.6 Å². The van der Waals surface area contributed by atoms with Crippen molar-refractivity contribution in [3.05, 3.63) is 21.9 Å². The summed E-state index contributed by atoms with van der Waals surface area (Å²) >= 11 is 12.1. The molecule has 132 valence electrons. The summed E-state index contributed by atoms with van der Waals surface area (Å²) in [7, 11) is 3.68. The molecule has 0 radical (unpaired) electrons. The van der Waals surface area contributed by atoms with Crippen molar-refractivity contribution in [3.63, 3.8) is 0 Å². The van der Waals surface area contributed by atoms with Crippen LogP contribution in [0.1, 0.15) is 25.0 Å². The smallest absolute Gasteiger partial charge is 0.191 e. The molecule has 2 N–H and O–H groups in total. The standard InChI is InChI=1S/C15H25Cl2N5.HI/c1-18-15(19-6-5-9-22-7-3-4-8-22)20-11-12-10-13(16)14(17)21(12)2;/h10H,3-9,11H2,1-2H3,(H2,18,19,20);1H. The fraction of sp³-hybridized carbons (Fsp3) is 0.667. The van der Waals surface area contributed by atoms with Crippen molar-refractivity contribution in [1.29, 1.82) is 0 Å². The van der Waals surface area contributed by atoms with E-state index >= 15 is 0 Å². The maximum Gasteiger partial charge on any atom is 0.191 e. The lowest BCUT2D eigenvalue weighted by atomic mass is 10.4. The van der Waals surface area contributed by atoms with Crippen LogP contribution in [-0.4, -0.2) is 48.7 Å². The summed E-state index contributed by atoms with van der Waals surface area (Å²) in [4.78, 5) is 6.76. The van der Waals surface area contributed by atoms with E-state index in [2.05, 4.69) is 20.5 Å². The normalized spacial score (nSPS) is 15.6. The molecular weight excluding hydrogens is 448 g/mol. The molecule has 5 nitrogen and oxygen atoms in total. The number of nitrogens with zero attached hydrogens (tertiary/aromatic N) is 3. The zero-order valence-corrected chi connectivity index (χ0v) is 17.6. The number of halogens is 3. The Labute approximate surface area is 165 Å². The molecule has 1 fully saturated rings. The fourth-order valence-electron chi connectivity index (χ4n) is 2.67. The fourth-order valence-corrected chi connectivity index (χ4v) is 3.08. The quantitative estimate of drug-likeness (QED) is 0.289. The zero-order chi connectivity index (χ0) is 15.9. The molecule has 0 atom stereocenters. The highest BCUT2D eigenvalue weighted by Gasteiger charge is 2.11. The molecule has 0 aromatic carbocycles. The van der Waals surface area contributed by atoms with Crippen LogP contribution in [0.4, 0.5) is 0 Å². The summed E-state index contributed by atoms with van der Waals surface area (Å²) in [6.07, 6.45) is 3.82. The molecule has 0 aliphatic carbocycles. The SMILES string of the molecule is CN=C(NCCCN1CCCC1)NCc1cc(Cl)c(Cl)n1C.I. The lowest BCUT2D eigenvalue weighted by Crippen LogP contribution is -2.38. The van der Waals surface area contributed by atoms with E-state index in [-0.39, 0.29) is 24.0 Å². The van der Waals surface area contributed by atoms with Crippen LogP contribution in [-0.2, 0) is 13.6 Å². The van der Waals surface area contributed by atoms with E-state index in [9.17, 15) is 0 Å². The van der Waals surface area contributed by atoms with Gasteiger partial charge >= 0.3 is 0 Å². The van der Waals surface area contributed by atoms with Gasteiger partial charge in [-0.2, -0.15) is 0 Å². The molecule has 1 aromatic rings.